The summed E-state index contributed by atoms with van der Waals surface area (Å²) in [4.78, 5) is 20.9. The third-order valence-electron chi connectivity index (χ3n) is 4.98. The molecular weight excluding hydrogens is 364 g/mol. The van der Waals surface area contributed by atoms with E-state index in [-0.39, 0.29) is 5.91 Å². The van der Waals surface area contributed by atoms with E-state index >= 15 is 0 Å². The molecule has 0 bridgehead atoms. The third kappa shape index (κ3) is 4.87. The second kappa shape index (κ2) is 8.68. The molecule has 1 saturated heterocycles. The second-order valence-electron chi connectivity index (χ2n) is 7.15. The Bertz CT molecular complexity index is 953. The first kappa shape index (κ1) is 18.9. The van der Waals surface area contributed by atoms with Crippen LogP contribution < -0.4 is 10.2 Å². The highest BCUT2D eigenvalue weighted by atomic mass is 16.2. The van der Waals surface area contributed by atoms with Gasteiger partial charge in [-0.05, 0) is 42.3 Å². The molecule has 3 heterocycles. The lowest BCUT2D eigenvalue weighted by atomic mass is 10.1. The van der Waals surface area contributed by atoms with Crippen molar-refractivity contribution in [3.8, 4) is 0 Å². The van der Waals surface area contributed by atoms with Gasteiger partial charge in [-0.3, -0.25) is 4.79 Å². The van der Waals surface area contributed by atoms with E-state index in [1.165, 1.54) is 0 Å². The Morgan fingerprint density at radius 3 is 2.45 bits per heavy atom. The fourth-order valence-electron chi connectivity index (χ4n) is 3.36. The van der Waals surface area contributed by atoms with Crippen molar-refractivity contribution in [3.05, 3.63) is 71.9 Å². The van der Waals surface area contributed by atoms with Crippen molar-refractivity contribution in [1.29, 1.82) is 0 Å². The fraction of sp³-hybridized carbons (Fsp3) is 0.273. The standard InChI is InChI=1S/C22H24N6O/c1-17-9-10-23-20(15-17)24-19-7-8-21(26-25-19)27-11-13-28(14-12-27)22(29)16-18-5-3-2-4-6-18/h2-10,15H,11-14,16H2,1H3,(H,23,24,25). The quantitative estimate of drug-likeness (QED) is 0.725. The number of aromatic nitrogens is 3. The molecule has 1 aliphatic rings. The van der Waals surface area contributed by atoms with Crippen molar-refractivity contribution in [2.75, 3.05) is 36.4 Å². The van der Waals surface area contributed by atoms with Gasteiger partial charge in [-0.25, -0.2) is 4.98 Å². The number of benzene rings is 1. The van der Waals surface area contributed by atoms with E-state index in [0.29, 0.717) is 25.3 Å². The molecule has 1 aromatic carbocycles. The number of carbonyl (C=O) groups is 1. The molecule has 0 aliphatic carbocycles. The Labute approximate surface area is 170 Å². The summed E-state index contributed by atoms with van der Waals surface area (Å²) in [6.45, 7) is 4.91. The first-order valence-corrected chi connectivity index (χ1v) is 9.77. The van der Waals surface area contributed by atoms with Gasteiger partial charge < -0.3 is 15.1 Å². The normalized spacial score (nSPS) is 14.0. The summed E-state index contributed by atoms with van der Waals surface area (Å²) in [7, 11) is 0. The summed E-state index contributed by atoms with van der Waals surface area (Å²) in [5, 5.41) is 11.8. The zero-order valence-electron chi connectivity index (χ0n) is 16.5. The van der Waals surface area contributed by atoms with E-state index in [1.54, 1.807) is 6.20 Å². The summed E-state index contributed by atoms with van der Waals surface area (Å²) in [5.74, 6) is 2.40. The maximum absolute atomic E-state index is 12.5. The number of hydrogen-bond donors (Lipinski definition) is 1. The van der Waals surface area contributed by atoms with Crippen molar-refractivity contribution in [2.24, 2.45) is 0 Å². The minimum absolute atomic E-state index is 0.173. The summed E-state index contributed by atoms with van der Waals surface area (Å²) < 4.78 is 0. The van der Waals surface area contributed by atoms with E-state index in [4.69, 9.17) is 0 Å². The van der Waals surface area contributed by atoms with Crippen molar-refractivity contribution >= 4 is 23.4 Å². The molecule has 2 aromatic heterocycles. The summed E-state index contributed by atoms with van der Waals surface area (Å²) in [5.41, 5.74) is 2.18. The van der Waals surface area contributed by atoms with Crippen LogP contribution in [0.4, 0.5) is 17.5 Å². The molecule has 3 aromatic rings. The lowest BCUT2D eigenvalue weighted by molar-refractivity contribution is -0.130. The van der Waals surface area contributed by atoms with Gasteiger partial charge >= 0.3 is 0 Å². The highest BCUT2D eigenvalue weighted by Crippen LogP contribution is 2.17. The molecule has 7 nitrogen and oxygen atoms in total. The summed E-state index contributed by atoms with van der Waals surface area (Å²) in [6, 6.07) is 17.6. The molecule has 0 spiro atoms. The molecule has 0 atom stereocenters. The SMILES string of the molecule is Cc1ccnc(Nc2ccc(N3CCN(C(=O)Cc4ccccc4)CC3)nn2)c1. The molecule has 7 heteroatoms. The van der Waals surface area contributed by atoms with Crippen LogP contribution in [0.1, 0.15) is 11.1 Å². The van der Waals surface area contributed by atoms with Gasteiger partial charge in [0.05, 0.1) is 6.42 Å². The Hall–Kier alpha value is -3.48. The Morgan fingerprint density at radius 1 is 0.966 bits per heavy atom. The molecule has 1 N–H and O–H groups in total. The Balaban J connectivity index is 1.31. The Morgan fingerprint density at radius 2 is 1.76 bits per heavy atom. The van der Waals surface area contributed by atoms with E-state index in [0.717, 1.165) is 35.9 Å². The number of aryl methyl sites for hydroxylation is 1. The molecule has 1 amide bonds. The highest BCUT2D eigenvalue weighted by molar-refractivity contribution is 5.79. The van der Waals surface area contributed by atoms with Gasteiger partial charge in [0.25, 0.3) is 0 Å². The molecule has 1 aliphatic heterocycles. The summed E-state index contributed by atoms with van der Waals surface area (Å²) >= 11 is 0. The molecule has 0 radical (unpaired) electrons. The van der Waals surface area contributed by atoms with Crippen LogP contribution >= 0.6 is 0 Å². The lowest BCUT2D eigenvalue weighted by Gasteiger charge is -2.35. The molecule has 4 rings (SSSR count). The smallest absolute Gasteiger partial charge is 0.227 e. The van der Waals surface area contributed by atoms with Gasteiger partial charge in [-0.2, -0.15) is 0 Å². The number of nitrogens with zero attached hydrogens (tertiary/aromatic N) is 5. The number of rotatable bonds is 5. The number of amides is 1. The van der Waals surface area contributed by atoms with Crippen molar-refractivity contribution < 1.29 is 4.79 Å². The number of nitrogens with one attached hydrogen (secondary N) is 1. The topological polar surface area (TPSA) is 74.2 Å². The minimum atomic E-state index is 0.173. The van der Waals surface area contributed by atoms with Crippen LogP contribution in [0, 0.1) is 6.92 Å². The highest BCUT2D eigenvalue weighted by Gasteiger charge is 2.22. The first-order chi connectivity index (χ1) is 14.2. The zero-order chi connectivity index (χ0) is 20.1. The van der Waals surface area contributed by atoms with Gasteiger partial charge in [-0.15, -0.1) is 10.2 Å². The second-order valence-corrected chi connectivity index (χ2v) is 7.15. The van der Waals surface area contributed by atoms with Crippen molar-refractivity contribution in [3.63, 3.8) is 0 Å². The van der Waals surface area contributed by atoms with Gasteiger partial charge in [0.15, 0.2) is 11.6 Å². The van der Waals surface area contributed by atoms with Crippen LogP contribution in [0.15, 0.2) is 60.8 Å². The van der Waals surface area contributed by atoms with Crippen LogP contribution in [0.5, 0.6) is 0 Å². The lowest BCUT2D eigenvalue weighted by Crippen LogP contribution is -2.49. The van der Waals surface area contributed by atoms with Crippen molar-refractivity contribution in [1.82, 2.24) is 20.1 Å². The largest absolute Gasteiger partial charge is 0.352 e. The van der Waals surface area contributed by atoms with E-state index in [1.807, 2.05) is 66.4 Å². The number of hydrogen-bond acceptors (Lipinski definition) is 6. The van der Waals surface area contributed by atoms with Crippen LogP contribution in [-0.4, -0.2) is 52.2 Å². The van der Waals surface area contributed by atoms with Gasteiger partial charge in [0, 0.05) is 32.4 Å². The van der Waals surface area contributed by atoms with E-state index < -0.39 is 0 Å². The molecule has 0 unspecified atom stereocenters. The van der Waals surface area contributed by atoms with Crippen LogP contribution in [0.3, 0.4) is 0 Å². The summed E-state index contributed by atoms with van der Waals surface area (Å²) in [6.07, 6.45) is 2.21. The maximum Gasteiger partial charge on any atom is 0.227 e. The molecular formula is C22H24N6O. The number of piperazine rings is 1. The van der Waals surface area contributed by atoms with Gasteiger partial charge in [-0.1, -0.05) is 30.3 Å². The Kier molecular flexibility index (Phi) is 5.65. The third-order valence-corrected chi connectivity index (χ3v) is 4.98. The van der Waals surface area contributed by atoms with Gasteiger partial charge in [0.1, 0.15) is 5.82 Å². The van der Waals surface area contributed by atoms with E-state index in [9.17, 15) is 4.79 Å². The molecule has 1 fully saturated rings. The van der Waals surface area contributed by atoms with Crippen molar-refractivity contribution in [2.45, 2.75) is 13.3 Å². The first-order valence-electron chi connectivity index (χ1n) is 9.77. The maximum atomic E-state index is 12.5. The predicted octanol–water partition coefficient (Wildman–Crippen LogP) is 2.81. The number of carbonyl (C=O) groups excluding carboxylic acids is 1. The van der Waals surface area contributed by atoms with Gasteiger partial charge in [0.2, 0.25) is 5.91 Å². The van der Waals surface area contributed by atoms with Crippen LogP contribution in [0.2, 0.25) is 0 Å². The molecule has 29 heavy (non-hydrogen) atoms. The monoisotopic (exact) mass is 388 g/mol. The molecule has 0 saturated carbocycles. The average molecular weight is 388 g/mol. The van der Waals surface area contributed by atoms with Crippen LogP contribution in [-0.2, 0) is 11.2 Å². The predicted molar refractivity (Wildman–Crippen MR) is 113 cm³/mol. The minimum Gasteiger partial charge on any atom is -0.352 e. The zero-order valence-corrected chi connectivity index (χ0v) is 16.5. The molecule has 148 valence electrons. The average Bonchev–Trinajstić information content (AvgIpc) is 2.75. The number of pyridine rings is 1. The van der Waals surface area contributed by atoms with Crippen LogP contribution in [0.25, 0.3) is 0 Å². The number of anilines is 3. The van der Waals surface area contributed by atoms with E-state index in [2.05, 4.69) is 25.4 Å². The fourth-order valence-corrected chi connectivity index (χ4v) is 3.36.